The molecular formula is C18H29FIN3O. The summed E-state index contributed by atoms with van der Waals surface area (Å²) >= 11 is 0. The van der Waals surface area contributed by atoms with Crippen LogP contribution in [0, 0.1) is 11.2 Å². The highest BCUT2D eigenvalue weighted by molar-refractivity contribution is 14.0. The Bertz CT molecular complexity index is 521. The Morgan fingerprint density at radius 3 is 2.67 bits per heavy atom. The first-order chi connectivity index (χ1) is 11.2. The molecule has 0 unspecified atom stereocenters. The predicted octanol–water partition coefficient (Wildman–Crippen LogP) is 3.36. The molecule has 0 heterocycles. The number of nitrogens with one attached hydrogen (secondary N) is 2. The third-order valence-corrected chi connectivity index (χ3v) is 4.44. The van der Waals surface area contributed by atoms with Gasteiger partial charge < -0.3 is 15.4 Å². The summed E-state index contributed by atoms with van der Waals surface area (Å²) < 4.78 is 19.0. The molecule has 0 aromatic heterocycles. The first-order valence-electron chi connectivity index (χ1n) is 8.45. The van der Waals surface area contributed by atoms with Gasteiger partial charge in [-0.2, -0.15) is 0 Å². The van der Waals surface area contributed by atoms with Crippen molar-refractivity contribution in [3.63, 3.8) is 0 Å². The van der Waals surface area contributed by atoms with Crippen LogP contribution in [0.4, 0.5) is 4.39 Å². The van der Waals surface area contributed by atoms with Crippen molar-refractivity contribution in [3.8, 4) is 0 Å². The van der Waals surface area contributed by atoms with Gasteiger partial charge in [-0.3, -0.25) is 4.99 Å². The quantitative estimate of drug-likeness (QED) is 0.263. The van der Waals surface area contributed by atoms with Crippen molar-refractivity contribution in [1.82, 2.24) is 10.6 Å². The number of ether oxygens (including phenoxy) is 1. The molecule has 1 aliphatic carbocycles. The minimum Gasteiger partial charge on any atom is -0.382 e. The molecule has 1 aliphatic rings. The molecule has 1 aromatic rings. The van der Waals surface area contributed by atoms with Crippen molar-refractivity contribution >= 4 is 29.9 Å². The fourth-order valence-corrected chi connectivity index (χ4v) is 2.63. The van der Waals surface area contributed by atoms with E-state index in [2.05, 4.69) is 15.6 Å². The molecule has 0 spiro atoms. The van der Waals surface area contributed by atoms with Crippen molar-refractivity contribution in [1.29, 1.82) is 0 Å². The largest absolute Gasteiger partial charge is 0.382 e. The van der Waals surface area contributed by atoms with Crippen molar-refractivity contribution in [3.05, 3.63) is 35.6 Å². The summed E-state index contributed by atoms with van der Waals surface area (Å²) in [5.74, 6) is 0.633. The van der Waals surface area contributed by atoms with Crippen LogP contribution < -0.4 is 10.6 Å². The molecule has 1 fully saturated rings. The zero-order chi connectivity index (χ0) is 16.5. The van der Waals surface area contributed by atoms with Crippen LogP contribution in [-0.4, -0.2) is 39.3 Å². The monoisotopic (exact) mass is 449 g/mol. The normalized spacial score (nSPS) is 15.5. The zero-order valence-corrected chi connectivity index (χ0v) is 16.9. The van der Waals surface area contributed by atoms with Crippen LogP contribution in [0.3, 0.4) is 0 Å². The highest BCUT2D eigenvalue weighted by Crippen LogP contribution is 2.48. The Labute approximate surface area is 161 Å². The van der Waals surface area contributed by atoms with Crippen LogP contribution in [0.15, 0.2) is 29.3 Å². The molecule has 1 aromatic carbocycles. The van der Waals surface area contributed by atoms with E-state index in [-0.39, 0.29) is 29.8 Å². The van der Waals surface area contributed by atoms with Gasteiger partial charge in [-0.05, 0) is 49.7 Å². The van der Waals surface area contributed by atoms with E-state index in [4.69, 9.17) is 4.74 Å². The lowest BCUT2D eigenvalue weighted by atomic mass is 10.0. The van der Waals surface area contributed by atoms with E-state index in [1.54, 1.807) is 13.1 Å². The summed E-state index contributed by atoms with van der Waals surface area (Å²) in [6.45, 7) is 5.21. The second-order valence-corrected chi connectivity index (χ2v) is 6.14. The molecule has 24 heavy (non-hydrogen) atoms. The lowest BCUT2D eigenvalue weighted by Gasteiger charge is -2.18. The van der Waals surface area contributed by atoms with Gasteiger partial charge >= 0.3 is 0 Å². The number of halogens is 2. The van der Waals surface area contributed by atoms with E-state index in [1.165, 1.54) is 18.9 Å². The van der Waals surface area contributed by atoms with E-state index in [9.17, 15) is 4.39 Å². The van der Waals surface area contributed by atoms with Gasteiger partial charge in [0.2, 0.25) is 0 Å². The molecule has 0 radical (unpaired) electrons. The van der Waals surface area contributed by atoms with Crippen molar-refractivity contribution < 1.29 is 9.13 Å². The van der Waals surface area contributed by atoms with Crippen molar-refractivity contribution in [2.24, 2.45) is 10.4 Å². The number of hydrogen-bond acceptors (Lipinski definition) is 2. The molecule has 0 saturated heterocycles. The van der Waals surface area contributed by atoms with Gasteiger partial charge in [0.25, 0.3) is 0 Å². The molecule has 6 heteroatoms. The van der Waals surface area contributed by atoms with Crippen LogP contribution in [0.2, 0.25) is 0 Å². The summed E-state index contributed by atoms with van der Waals surface area (Å²) in [5.41, 5.74) is 1.10. The molecule has 1 saturated carbocycles. The number of guanidine groups is 1. The van der Waals surface area contributed by atoms with Gasteiger partial charge in [0, 0.05) is 33.4 Å². The minimum atomic E-state index is -0.148. The highest BCUT2D eigenvalue weighted by atomic mass is 127. The maximum atomic E-state index is 13.6. The zero-order valence-electron chi connectivity index (χ0n) is 14.6. The summed E-state index contributed by atoms with van der Waals surface area (Å²) in [4.78, 5) is 4.24. The average Bonchev–Trinajstić information content (AvgIpc) is 3.33. The maximum absolute atomic E-state index is 13.6. The molecule has 2 N–H and O–H groups in total. The second kappa shape index (κ2) is 10.9. The summed E-state index contributed by atoms with van der Waals surface area (Å²) in [7, 11) is 1.76. The molecule has 0 amide bonds. The average molecular weight is 449 g/mol. The summed E-state index contributed by atoms with van der Waals surface area (Å²) in [6.07, 6.45) is 4.24. The first-order valence-corrected chi connectivity index (χ1v) is 8.45. The lowest BCUT2D eigenvalue weighted by molar-refractivity contribution is 0.128. The van der Waals surface area contributed by atoms with Crippen LogP contribution in [0.5, 0.6) is 0 Å². The molecule has 0 atom stereocenters. The number of nitrogens with zero attached hydrogens (tertiary/aromatic N) is 1. The van der Waals surface area contributed by atoms with E-state index < -0.39 is 0 Å². The van der Waals surface area contributed by atoms with E-state index in [0.717, 1.165) is 37.7 Å². The number of benzene rings is 1. The SMILES string of the molecule is CCOCCC1(CNC(=NC)NCCc2ccccc2F)CC1.I. The molecular weight excluding hydrogens is 420 g/mol. The molecule has 2 rings (SSSR count). The molecule has 0 bridgehead atoms. The van der Waals surface area contributed by atoms with E-state index in [0.29, 0.717) is 18.4 Å². The van der Waals surface area contributed by atoms with Crippen molar-refractivity contribution in [2.45, 2.75) is 32.6 Å². The number of hydrogen-bond donors (Lipinski definition) is 2. The maximum Gasteiger partial charge on any atom is 0.191 e. The highest BCUT2D eigenvalue weighted by Gasteiger charge is 2.41. The topological polar surface area (TPSA) is 45.6 Å². The van der Waals surface area contributed by atoms with Gasteiger partial charge in [0.05, 0.1) is 0 Å². The summed E-state index contributed by atoms with van der Waals surface area (Å²) in [6, 6.07) is 6.89. The Morgan fingerprint density at radius 2 is 2.04 bits per heavy atom. The van der Waals surface area contributed by atoms with E-state index in [1.807, 2.05) is 19.1 Å². The van der Waals surface area contributed by atoms with Gasteiger partial charge in [0.15, 0.2) is 5.96 Å². The van der Waals surface area contributed by atoms with Crippen LogP contribution in [-0.2, 0) is 11.2 Å². The van der Waals surface area contributed by atoms with Crippen LogP contribution in [0.1, 0.15) is 31.7 Å². The Morgan fingerprint density at radius 1 is 1.29 bits per heavy atom. The Hall–Kier alpha value is -0.890. The lowest BCUT2D eigenvalue weighted by Crippen LogP contribution is -2.41. The minimum absolute atomic E-state index is 0. The fraction of sp³-hybridized carbons (Fsp3) is 0.611. The fourth-order valence-electron chi connectivity index (χ4n) is 2.63. The molecule has 136 valence electrons. The third kappa shape index (κ3) is 6.93. The van der Waals surface area contributed by atoms with Gasteiger partial charge in [-0.25, -0.2) is 4.39 Å². The first kappa shape index (κ1) is 21.2. The Balaban J connectivity index is 0.00000288. The predicted molar refractivity (Wildman–Crippen MR) is 108 cm³/mol. The molecule has 4 nitrogen and oxygen atoms in total. The van der Waals surface area contributed by atoms with Crippen LogP contribution >= 0.6 is 24.0 Å². The van der Waals surface area contributed by atoms with Gasteiger partial charge in [0.1, 0.15) is 5.82 Å². The number of aliphatic imine (C=N–C) groups is 1. The van der Waals surface area contributed by atoms with Gasteiger partial charge in [-0.15, -0.1) is 24.0 Å². The summed E-state index contributed by atoms with van der Waals surface area (Å²) in [5, 5.41) is 6.64. The molecule has 0 aliphatic heterocycles. The number of rotatable bonds is 9. The van der Waals surface area contributed by atoms with Crippen molar-refractivity contribution in [2.75, 3.05) is 33.4 Å². The second-order valence-electron chi connectivity index (χ2n) is 6.14. The van der Waals surface area contributed by atoms with E-state index >= 15 is 0 Å². The van der Waals surface area contributed by atoms with Gasteiger partial charge in [-0.1, -0.05) is 18.2 Å². The standard InChI is InChI=1S/C18H28FN3O.HI/c1-3-23-13-11-18(9-10-18)14-22-17(20-2)21-12-8-15-6-4-5-7-16(15)19;/h4-7H,3,8-14H2,1-2H3,(H2,20,21,22);1H. The third-order valence-electron chi connectivity index (χ3n) is 4.44. The smallest absolute Gasteiger partial charge is 0.191 e. The Kier molecular flexibility index (Phi) is 9.58. The van der Waals surface area contributed by atoms with Crippen LogP contribution in [0.25, 0.3) is 0 Å².